The van der Waals surface area contributed by atoms with Gasteiger partial charge in [-0.3, -0.25) is 0 Å². The van der Waals surface area contributed by atoms with Crippen molar-refractivity contribution in [2.75, 3.05) is 0 Å². The summed E-state index contributed by atoms with van der Waals surface area (Å²) in [6.07, 6.45) is 1.38. The van der Waals surface area contributed by atoms with Crippen LogP contribution in [0.15, 0.2) is 11.6 Å². The molecule has 0 aliphatic rings. The molecule has 0 unspecified atom stereocenters. The van der Waals surface area contributed by atoms with E-state index in [-0.39, 0.29) is 5.97 Å². The third-order valence-electron chi connectivity index (χ3n) is 0.771. The molecule has 0 fully saturated rings. The van der Waals surface area contributed by atoms with Crippen molar-refractivity contribution in [1.29, 1.82) is 0 Å². The van der Waals surface area contributed by atoms with Gasteiger partial charge in [-0.25, -0.2) is 4.79 Å². The molecule has 0 bridgehead atoms. The molecule has 0 aliphatic heterocycles. The van der Waals surface area contributed by atoms with E-state index < -0.39 is 5.60 Å². The van der Waals surface area contributed by atoms with Gasteiger partial charge in [0.2, 0.25) is 0 Å². The highest BCUT2D eigenvalue weighted by molar-refractivity contribution is 5.83. The fourth-order valence-electron chi connectivity index (χ4n) is 0.532. The first kappa shape index (κ1) is 10.2. The fraction of sp³-hybridized carbons (Fsp3) is 0.556. The Kier molecular flexibility index (Phi) is 3.30. The number of esters is 1. The van der Waals surface area contributed by atoms with Crippen LogP contribution in [0.5, 0.6) is 0 Å². The lowest BCUT2D eigenvalue weighted by atomic mass is 10.2. The predicted octanol–water partition coefficient (Wildman–Crippen LogP) is 2.11. The molecule has 0 saturated heterocycles. The maximum absolute atomic E-state index is 10.9. The lowest BCUT2D eigenvalue weighted by molar-refractivity contribution is -0.148. The number of allylic oxidation sites excluding steroid dienone is 1. The van der Waals surface area contributed by atoms with Crippen LogP contribution in [0.3, 0.4) is 0 Å². The smallest absolute Gasteiger partial charge is 0.331 e. The van der Waals surface area contributed by atoms with Crippen molar-refractivity contribution in [3.05, 3.63) is 18.6 Å². The molecule has 0 aromatic heterocycles. The average Bonchev–Trinajstić information content (AvgIpc) is 1.53. The molecule has 1 radical (unpaired) electrons. The third-order valence-corrected chi connectivity index (χ3v) is 0.771. The number of carbonyl (C=O) groups is 1. The normalized spacial score (nSPS) is 13.0. The Morgan fingerprint density at radius 3 is 2.18 bits per heavy atom. The first-order chi connectivity index (χ1) is 4.81. The Balaban J connectivity index is 4.00. The van der Waals surface area contributed by atoms with Gasteiger partial charge in [-0.15, -0.1) is 0 Å². The molecule has 0 rings (SSSR count). The van der Waals surface area contributed by atoms with Crippen LogP contribution in [0.4, 0.5) is 0 Å². The number of ether oxygens (including phenoxy) is 1. The van der Waals surface area contributed by atoms with Gasteiger partial charge in [-0.2, -0.15) is 0 Å². The molecule has 0 aromatic carbocycles. The van der Waals surface area contributed by atoms with Crippen molar-refractivity contribution in [2.24, 2.45) is 0 Å². The number of carbonyl (C=O) groups excluding carboxylic acids is 1. The second kappa shape index (κ2) is 3.56. The van der Waals surface area contributed by atoms with Crippen LogP contribution >= 0.6 is 0 Å². The highest BCUT2D eigenvalue weighted by Gasteiger charge is 2.13. The van der Waals surface area contributed by atoms with E-state index in [1.807, 2.05) is 20.8 Å². The third kappa shape index (κ3) is 7.10. The van der Waals surface area contributed by atoms with Gasteiger partial charge in [0.05, 0.1) is 0 Å². The average molecular weight is 155 g/mol. The Labute approximate surface area is 68.2 Å². The zero-order valence-electron chi connectivity index (χ0n) is 7.60. The molecule has 0 aliphatic carbocycles. The number of hydrogen-bond acceptors (Lipinski definition) is 2. The molecule has 0 spiro atoms. The van der Waals surface area contributed by atoms with Crippen LogP contribution in [-0.2, 0) is 9.53 Å². The van der Waals surface area contributed by atoms with Crippen molar-refractivity contribution in [1.82, 2.24) is 0 Å². The van der Waals surface area contributed by atoms with E-state index in [0.717, 1.165) is 0 Å². The molecule has 0 amide bonds. The lowest BCUT2D eigenvalue weighted by Crippen LogP contribution is -2.22. The fourth-order valence-corrected chi connectivity index (χ4v) is 0.532. The monoisotopic (exact) mass is 155 g/mol. The highest BCUT2D eigenvalue weighted by Crippen LogP contribution is 2.07. The minimum atomic E-state index is -0.414. The van der Waals surface area contributed by atoms with E-state index in [2.05, 4.69) is 6.92 Å². The van der Waals surface area contributed by atoms with Crippen LogP contribution in [0.2, 0.25) is 0 Å². The topological polar surface area (TPSA) is 26.3 Å². The summed E-state index contributed by atoms with van der Waals surface area (Å²) in [6, 6.07) is 0. The second-order valence-corrected chi connectivity index (χ2v) is 3.52. The van der Waals surface area contributed by atoms with Gasteiger partial charge in [0, 0.05) is 6.08 Å². The van der Waals surface area contributed by atoms with Gasteiger partial charge in [0.1, 0.15) is 5.60 Å². The van der Waals surface area contributed by atoms with Crippen molar-refractivity contribution < 1.29 is 9.53 Å². The van der Waals surface area contributed by atoms with Crippen molar-refractivity contribution in [3.8, 4) is 0 Å². The van der Waals surface area contributed by atoms with E-state index >= 15 is 0 Å². The van der Waals surface area contributed by atoms with Gasteiger partial charge < -0.3 is 4.74 Å². The van der Waals surface area contributed by atoms with Crippen LogP contribution in [-0.4, -0.2) is 11.6 Å². The van der Waals surface area contributed by atoms with Crippen LogP contribution in [0, 0.1) is 6.92 Å². The summed E-state index contributed by atoms with van der Waals surface area (Å²) in [5.41, 5.74) is 0.294. The Morgan fingerprint density at radius 2 is 1.91 bits per heavy atom. The second-order valence-electron chi connectivity index (χ2n) is 3.52. The number of rotatable bonds is 1. The molecule has 0 heterocycles. The lowest BCUT2D eigenvalue weighted by Gasteiger charge is -2.18. The minimum absolute atomic E-state index is 0.329. The largest absolute Gasteiger partial charge is 0.457 e. The summed E-state index contributed by atoms with van der Waals surface area (Å²) in [5.74, 6) is -0.329. The van der Waals surface area contributed by atoms with E-state index in [4.69, 9.17) is 4.74 Å². The van der Waals surface area contributed by atoms with Gasteiger partial charge >= 0.3 is 5.97 Å². The molecule has 0 saturated carbocycles. The first-order valence-electron chi connectivity index (χ1n) is 3.54. The molecular weight excluding hydrogens is 140 g/mol. The quantitative estimate of drug-likeness (QED) is 0.428. The summed E-state index contributed by atoms with van der Waals surface area (Å²) in [6.45, 7) is 10.8. The van der Waals surface area contributed by atoms with Crippen molar-refractivity contribution >= 4 is 5.97 Å². The Hall–Kier alpha value is -0.790. The van der Waals surface area contributed by atoms with Gasteiger partial charge in [0.25, 0.3) is 0 Å². The minimum Gasteiger partial charge on any atom is -0.457 e. The molecule has 0 atom stereocenters. The molecule has 2 heteroatoms. The van der Waals surface area contributed by atoms with Crippen LogP contribution < -0.4 is 0 Å². The van der Waals surface area contributed by atoms with Crippen molar-refractivity contribution in [2.45, 2.75) is 33.3 Å². The first-order valence-corrected chi connectivity index (χ1v) is 3.54. The summed E-state index contributed by atoms with van der Waals surface area (Å²) in [5, 5.41) is 0. The maximum atomic E-state index is 10.9. The summed E-state index contributed by atoms with van der Waals surface area (Å²) < 4.78 is 4.99. The van der Waals surface area contributed by atoms with E-state index in [1.165, 1.54) is 6.08 Å². The molecular formula is C9H15O2. The molecule has 11 heavy (non-hydrogen) atoms. The Bertz CT molecular complexity index is 168. The van der Waals surface area contributed by atoms with E-state index in [1.54, 1.807) is 6.92 Å². The van der Waals surface area contributed by atoms with Crippen LogP contribution in [0.25, 0.3) is 0 Å². The SMILES string of the molecule is [CH2]C(C)=CC(=O)OC(C)(C)C. The molecule has 0 N–H and O–H groups in total. The summed E-state index contributed by atoms with van der Waals surface area (Å²) in [7, 11) is 0. The zero-order chi connectivity index (χ0) is 9.07. The summed E-state index contributed by atoms with van der Waals surface area (Å²) in [4.78, 5) is 10.9. The van der Waals surface area contributed by atoms with E-state index in [9.17, 15) is 4.79 Å². The van der Waals surface area contributed by atoms with Crippen LogP contribution in [0.1, 0.15) is 27.7 Å². The van der Waals surface area contributed by atoms with Gasteiger partial charge in [-0.05, 0) is 34.6 Å². The molecule has 2 nitrogen and oxygen atoms in total. The van der Waals surface area contributed by atoms with E-state index in [0.29, 0.717) is 5.57 Å². The predicted molar refractivity (Wildman–Crippen MR) is 45.0 cm³/mol. The van der Waals surface area contributed by atoms with Crippen molar-refractivity contribution in [3.63, 3.8) is 0 Å². The van der Waals surface area contributed by atoms with Gasteiger partial charge in [-0.1, -0.05) is 5.57 Å². The zero-order valence-corrected chi connectivity index (χ0v) is 7.60. The molecule has 63 valence electrons. The highest BCUT2D eigenvalue weighted by atomic mass is 16.6. The summed E-state index contributed by atoms with van der Waals surface area (Å²) >= 11 is 0. The van der Waals surface area contributed by atoms with Gasteiger partial charge in [0.15, 0.2) is 0 Å². The molecule has 0 aromatic rings. The number of hydrogen-bond donors (Lipinski definition) is 0. The standard InChI is InChI=1S/C9H15O2/c1-7(2)6-8(10)11-9(3,4)5/h6H,1H2,2-5H3. The Morgan fingerprint density at radius 1 is 1.45 bits per heavy atom. The maximum Gasteiger partial charge on any atom is 0.331 e.